The average Bonchev–Trinajstić information content (AvgIpc) is 2.36. The molecule has 4 heteroatoms. The normalized spacial score (nSPS) is 11.9. The minimum atomic E-state index is -0.187. The van der Waals surface area contributed by atoms with Crippen molar-refractivity contribution in [2.45, 2.75) is 78.2 Å². The molecule has 0 amide bonds. The summed E-state index contributed by atoms with van der Waals surface area (Å²) in [6.07, 6.45) is 6.22. The molecule has 4 nitrogen and oxygen atoms in total. The summed E-state index contributed by atoms with van der Waals surface area (Å²) in [7, 11) is 0. The van der Waals surface area contributed by atoms with Crippen LogP contribution in [0, 0.1) is 0 Å². The van der Waals surface area contributed by atoms with Crippen molar-refractivity contribution in [3.8, 4) is 0 Å². The Bertz CT molecular complexity index is 251. The van der Waals surface area contributed by atoms with E-state index in [1.807, 2.05) is 13.8 Å². The van der Waals surface area contributed by atoms with Crippen LogP contribution >= 0.6 is 0 Å². The molecule has 19 heavy (non-hydrogen) atoms. The number of carbonyl (C=O) groups is 2. The molecule has 0 aromatic rings. The first-order valence-electron chi connectivity index (χ1n) is 7.45. The molecule has 112 valence electrons. The fraction of sp³-hybridized carbons (Fsp3) is 0.867. The maximum atomic E-state index is 11.4. The molecular weight excluding hydrogens is 244 g/mol. The van der Waals surface area contributed by atoms with Gasteiger partial charge in [-0.2, -0.15) is 0 Å². The molecule has 0 saturated carbocycles. The lowest BCUT2D eigenvalue weighted by atomic mass is 10.2. The van der Waals surface area contributed by atoms with Crippen LogP contribution in [0.3, 0.4) is 0 Å². The molecule has 0 heterocycles. The van der Waals surface area contributed by atoms with Crippen LogP contribution in [0.25, 0.3) is 0 Å². The van der Waals surface area contributed by atoms with Gasteiger partial charge >= 0.3 is 11.9 Å². The number of ether oxygens (including phenoxy) is 2. The SMILES string of the molecule is CCCCCC(=O)OCC[C@@H](C)OC(=O)CCCC. The van der Waals surface area contributed by atoms with E-state index in [0.29, 0.717) is 25.9 Å². The summed E-state index contributed by atoms with van der Waals surface area (Å²) in [4.78, 5) is 22.7. The summed E-state index contributed by atoms with van der Waals surface area (Å²) < 4.78 is 10.3. The summed E-state index contributed by atoms with van der Waals surface area (Å²) in [5, 5.41) is 0. The first-order valence-corrected chi connectivity index (χ1v) is 7.45. The first-order chi connectivity index (χ1) is 9.10. The van der Waals surface area contributed by atoms with Gasteiger partial charge in [0.2, 0.25) is 0 Å². The van der Waals surface area contributed by atoms with Crippen molar-refractivity contribution in [1.29, 1.82) is 0 Å². The van der Waals surface area contributed by atoms with Crippen LogP contribution in [0.4, 0.5) is 0 Å². The Morgan fingerprint density at radius 3 is 2.21 bits per heavy atom. The molecule has 0 fully saturated rings. The van der Waals surface area contributed by atoms with E-state index in [1.165, 1.54) is 0 Å². The predicted molar refractivity (Wildman–Crippen MR) is 74.8 cm³/mol. The molecule has 0 N–H and O–H groups in total. The lowest BCUT2D eigenvalue weighted by Crippen LogP contribution is -2.18. The van der Waals surface area contributed by atoms with Crippen LogP contribution in [0.1, 0.15) is 72.1 Å². The van der Waals surface area contributed by atoms with Crippen LogP contribution in [-0.2, 0) is 19.1 Å². The Morgan fingerprint density at radius 2 is 1.58 bits per heavy atom. The van der Waals surface area contributed by atoms with E-state index in [0.717, 1.165) is 32.1 Å². The second-order valence-electron chi connectivity index (χ2n) is 4.87. The zero-order chi connectivity index (χ0) is 14.5. The minimum absolute atomic E-state index is 0.155. The van der Waals surface area contributed by atoms with Gasteiger partial charge < -0.3 is 9.47 Å². The highest BCUT2D eigenvalue weighted by Gasteiger charge is 2.10. The molecule has 0 aromatic heterocycles. The molecule has 0 aliphatic heterocycles. The Hall–Kier alpha value is -1.06. The standard InChI is InChI=1S/C15H28O4/c1-4-6-8-10-14(16)18-12-11-13(3)19-15(17)9-7-5-2/h13H,4-12H2,1-3H3/t13-/m1/s1. The van der Waals surface area contributed by atoms with Crippen molar-refractivity contribution in [3.63, 3.8) is 0 Å². The molecular formula is C15H28O4. The summed E-state index contributed by atoms with van der Waals surface area (Å²) in [5.41, 5.74) is 0. The van der Waals surface area contributed by atoms with E-state index in [1.54, 1.807) is 0 Å². The van der Waals surface area contributed by atoms with Gasteiger partial charge in [-0.3, -0.25) is 9.59 Å². The van der Waals surface area contributed by atoms with Crippen molar-refractivity contribution in [3.05, 3.63) is 0 Å². The third-order valence-electron chi connectivity index (χ3n) is 2.84. The smallest absolute Gasteiger partial charge is 0.306 e. The third kappa shape index (κ3) is 11.7. The molecule has 0 bridgehead atoms. The molecule has 0 aliphatic rings. The predicted octanol–water partition coefficient (Wildman–Crippen LogP) is 3.62. The largest absolute Gasteiger partial charge is 0.466 e. The fourth-order valence-electron chi connectivity index (χ4n) is 1.59. The summed E-state index contributed by atoms with van der Waals surface area (Å²) in [6, 6.07) is 0. The van der Waals surface area contributed by atoms with E-state index in [4.69, 9.17) is 9.47 Å². The molecule has 0 saturated heterocycles. The second kappa shape index (κ2) is 12.0. The number of carbonyl (C=O) groups excluding carboxylic acids is 2. The van der Waals surface area contributed by atoms with Gasteiger partial charge in [0.25, 0.3) is 0 Å². The Labute approximate surface area is 116 Å². The van der Waals surface area contributed by atoms with Gasteiger partial charge in [0, 0.05) is 19.3 Å². The third-order valence-corrected chi connectivity index (χ3v) is 2.84. The van der Waals surface area contributed by atoms with Gasteiger partial charge in [-0.25, -0.2) is 0 Å². The van der Waals surface area contributed by atoms with Gasteiger partial charge in [0.05, 0.1) is 6.61 Å². The lowest BCUT2D eigenvalue weighted by molar-refractivity contribution is -0.150. The van der Waals surface area contributed by atoms with Crippen molar-refractivity contribution >= 4 is 11.9 Å². The quantitative estimate of drug-likeness (QED) is 0.426. The summed E-state index contributed by atoms with van der Waals surface area (Å²) in [5.74, 6) is -0.318. The van der Waals surface area contributed by atoms with Crippen molar-refractivity contribution in [2.24, 2.45) is 0 Å². The zero-order valence-corrected chi connectivity index (χ0v) is 12.6. The van der Waals surface area contributed by atoms with Gasteiger partial charge in [0.1, 0.15) is 6.10 Å². The second-order valence-corrected chi connectivity index (χ2v) is 4.87. The maximum Gasteiger partial charge on any atom is 0.306 e. The molecule has 0 unspecified atom stereocenters. The summed E-state index contributed by atoms with van der Waals surface area (Å²) in [6.45, 7) is 6.29. The number of hydrogen-bond acceptors (Lipinski definition) is 4. The Morgan fingerprint density at radius 1 is 0.947 bits per heavy atom. The van der Waals surface area contributed by atoms with Crippen LogP contribution < -0.4 is 0 Å². The van der Waals surface area contributed by atoms with Crippen LogP contribution in [0.5, 0.6) is 0 Å². The monoisotopic (exact) mass is 272 g/mol. The van der Waals surface area contributed by atoms with E-state index in [9.17, 15) is 9.59 Å². The Balaban J connectivity index is 3.54. The van der Waals surface area contributed by atoms with Crippen LogP contribution in [0.15, 0.2) is 0 Å². The van der Waals surface area contributed by atoms with E-state index < -0.39 is 0 Å². The number of unbranched alkanes of at least 4 members (excludes halogenated alkanes) is 3. The number of hydrogen-bond donors (Lipinski definition) is 0. The molecule has 1 atom stereocenters. The minimum Gasteiger partial charge on any atom is -0.466 e. The first kappa shape index (κ1) is 17.9. The van der Waals surface area contributed by atoms with Gasteiger partial charge in [-0.15, -0.1) is 0 Å². The zero-order valence-electron chi connectivity index (χ0n) is 12.6. The molecule has 0 aromatic carbocycles. The highest BCUT2D eigenvalue weighted by molar-refractivity contribution is 5.69. The Kier molecular flexibility index (Phi) is 11.3. The molecule has 0 radical (unpaired) electrons. The van der Waals surface area contributed by atoms with E-state index >= 15 is 0 Å². The van der Waals surface area contributed by atoms with Gasteiger partial charge in [-0.05, 0) is 19.8 Å². The highest BCUT2D eigenvalue weighted by atomic mass is 16.6. The van der Waals surface area contributed by atoms with E-state index in [-0.39, 0.29) is 18.0 Å². The topological polar surface area (TPSA) is 52.6 Å². The maximum absolute atomic E-state index is 11.4. The van der Waals surface area contributed by atoms with Gasteiger partial charge in [-0.1, -0.05) is 33.1 Å². The number of rotatable bonds is 11. The fourth-order valence-corrected chi connectivity index (χ4v) is 1.59. The van der Waals surface area contributed by atoms with Crippen molar-refractivity contribution < 1.29 is 19.1 Å². The van der Waals surface area contributed by atoms with Crippen molar-refractivity contribution in [2.75, 3.05) is 6.61 Å². The lowest BCUT2D eigenvalue weighted by Gasteiger charge is -2.13. The highest BCUT2D eigenvalue weighted by Crippen LogP contribution is 2.05. The van der Waals surface area contributed by atoms with Gasteiger partial charge in [0.15, 0.2) is 0 Å². The van der Waals surface area contributed by atoms with Crippen LogP contribution in [0.2, 0.25) is 0 Å². The van der Waals surface area contributed by atoms with Crippen LogP contribution in [-0.4, -0.2) is 24.6 Å². The number of esters is 2. The molecule has 0 spiro atoms. The average molecular weight is 272 g/mol. The van der Waals surface area contributed by atoms with E-state index in [2.05, 4.69) is 6.92 Å². The summed E-state index contributed by atoms with van der Waals surface area (Å²) >= 11 is 0. The molecule has 0 rings (SSSR count). The van der Waals surface area contributed by atoms with Crippen molar-refractivity contribution in [1.82, 2.24) is 0 Å². The molecule has 0 aliphatic carbocycles.